The van der Waals surface area contributed by atoms with Crippen LogP contribution in [0.2, 0.25) is 0 Å². The van der Waals surface area contributed by atoms with E-state index < -0.39 is 29.7 Å². The molecule has 0 fully saturated rings. The van der Waals surface area contributed by atoms with Gasteiger partial charge in [-0.25, -0.2) is 0 Å². The normalized spacial score (nSPS) is 23.6. The van der Waals surface area contributed by atoms with Crippen LogP contribution in [0.25, 0.3) is 0 Å². The molecule has 2 unspecified atom stereocenters. The largest absolute Gasteiger partial charge is 0.481 e. The minimum absolute atomic E-state index is 0.0658. The molecule has 98 valence electrons. The molecule has 18 heavy (non-hydrogen) atoms. The fourth-order valence-electron chi connectivity index (χ4n) is 2.26. The predicted molar refractivity (Wildman–Crippen MR) is 56.1 cm³/mol. The number of carboxylic acid groups (broad SMARTS) is 1. The Labute approximate surface area is 101 Å². The highest BCUT2D eigenvalue weighted by molar-refractivity contribution is 5.78. The van der Waals surface area contributed by atoms with Crippen molar-refractivity contribution in [2.24, 2.45) is 0 Å². The van der Waals surface area contributed by atoms with E-state index in [4.69, 9.17) is 5.11 Å². The SMILES string of the molecule is O=C(O)C1c2cc(C(F)(F)F)ccc2CCC1O. The summed E-state index contributed by atoms with van der Waals surface area (Å²) in [5.41, 5.74) is -0.265. The van der Waals surface area contributed by atoms with Crippen molar-refractivity contribution in [3.05, 3.63) is 34.9 Å². The van der Waals surface area contributed by atoms with Crippen LogP contribution in [0.4, 0.5) is 13.2 Å². The molecule has 0 saturated heterocycles. The zero-order valence-electron chi connectivity index (χ0n) is 9.24. The zero-order valence-corrected chi connectivity index (χ0v) is 9.24. The molecular weight excluding hydrogens is 249 g/mol. The van der Waals surface area contributed by atoms with Crippen molar-refractivity contribution in [1.82, 2.24) is 0 Å². The number of rotatable bonds is 1. The molecule has 0 amide bonds. The van der Waals surface area contributed by atoms with Crippen LogP contribution in [0.3, 0.4) is 0 Å². The number of fused-ring (bicyclic) bond motifs is 1. The third-order valence-corrected chi connectivity index (χ3v) is 3.17. The summed E-state index contributed by atoms with van der Waals surface area (Å²) in [7, 11) is 0. The van der Waals surface area contributed by atoms with Crippen LogP contribution < -0.4 is 0 Å². The Hall–Kier alpha value is -1.56. The molecule has 1 aliphatic carbocycles. The lowest BCUT2D eigenvalue weighted by Crippen LogP contribution is -2.31. The Balaban J connectivity index is 2.52. The maximum absolute atomic E-state index is 12.6. The van der Waals surface area contributed by atoms with Crippen molar-refractivity contribution >= 4 is 5.97 Å². The number of carboxylic acids is 1. The molecule has 3 nitrogen and oxygen atoms in total. The fourth-order valence-corrected chi connectivity index (χ4v) is 2.26. The van der Waals surface area contributed by atoms with Crippen molar-refractivity contribution in [3.8, 4) is 0 Å². The highest BCUT2D eigenvalue weighted by atomic mass is 19.4. The number of hydrogen-bond acceptors (Lipinski definition) is 2. The molecule has 2 atom stereocenters. The van der Waals surface area contributed by atoms with Gasteiger partial charge < -0.3 is 10.2 Å². The fraction of sp³-hybridized carbons (Fsp3) is 0.417. The molecule has 0 aromatic heterocycles. The van der Waals surface area contributed by atoms with Crippen LogP contribution in [0.1, 0.15) is 29.0 Å². The quantitative estimate of drug-likeness (QED) is 0.813. The molecule has 0 aliphatic heterocycles. The molecule has 6 heteroatoms. The molecular formula is C12H11F3O3. The van der Waals surface area contributed by atoms with E-state index in [1.165, 1.54) is 6.07 Å². The second-order valence-corrected chi connectivity index (χ2v) is 4.33. The van der Waals surface area contributed by atoms with Crippen LogP contribution in [0.5, 0.6) is 0 Å². The van der Waals surface area contributed by atoms with Gasteiger partial charge in [0.15, 0.2) is 0 Å². The summed E-state index contributed by atoms with van der Waals surface area (Å²) in [4.78, 5) is 11.0. The first-order chi connectivity index (χ1) is 8.30. The minimum Gasteiger partial charge on any atom is -0.481 e. The number of alkyl halides is 3. The van der Waals surface area contributed by atoms with Gasteiger partial charge in [-0.1, -0.05) is 6.07 Å². The molecule has 0 heterocycles. The summed E-state index contributed by atoms with van der Waals surface area (Å²) < 4.78 is 37.7. The van der Waals surface area contributed by atoms with Gasteiger partial charge in [0.2, 0.25) is 0 Å². The van der Waals surface area contributed by atoms with E-state index in [2.05, 4.69) is 0 Å². The molecule has 0 radical (unpaired) electrons. The number of halogens is 3. The number of aryl methyl sites for hydroxylation is 1. The van der Waals surface area contributed by atoms with Crippen molar-refractivity contribution in [2.45, 2.75) is 31.0 Å². The van der Waals surface area contributed by atoms with Gasteiger partial charge in [-0.05, 0) is 36.1 Å². The average Bonchev–Trinajstić information content (AvgIpc) is 2.26. The summed E-state index contributed by atoms with van der Waals surface area (Å²) in [6, 6.07) is 3.06. The molecule has 0 bridgehead atoms. The number of aliphatic hydroxyl groups is 1. The number of aliphatic carboxylic acids is 1. The molecule has 0 spiro atoms. The lowest BCUT2D eigenvalue weighted by atomic mass is 9.80. The number of benzene rings is 1. The van der Waals surface area contributed by atoms with Gasteiger partial charge >= 0.3 is 12.1 Å². The summed E-state index contributed by atoms with van der Waals surface area (Å²) in [6.45, 7) is 0. The second kappa shape index (κ2) is 4.28. The van der Waals surface area contributed by atoms with E-state index in [-0.39, 0.29) is 12.0 Å². The molecule has 1 aliphatic rings. The minimum atomic E-state index is -4.51. The number of aliphatic hydroxyl groups excluding tert-OH is 1. The Morgan fingerprint density at radius 1 is 1.33 bits per heavy atom. The Bertz CT molecular complexity index is 482. The van der Waals surface area contributed by atoms with Crippen LogP contribution >= 0.6 is 0 Å². The summed E-state index contributed by atoms with van der Waals surface area (Å²) in [6.07, 6.45) is -5.02. The van der Waals surface area contributed by atoms with Crippen molar-refractivity contribution < 1.29 is 28.2 Å². The third-order valence-electron chi connectivity index (χ3n) is 3.17. The molecule has 0 saturated carbocycles. The Kier molecular flexibility index (Phi) is 3.06. The van der Waals surface area contributed by atoms with Gasteiger partial charge in [-0.3, -0.25) is 4.79 Å². The zero-order chi connectivity index (χ0) is 13.5. The van der Waals surface area contributed by atoms with Gasteiger partial charge in [0, 0.05) is 0 Å². The highest BCUT2D eigenvalue weighted by Gasteiger charge is 2.37. The van der Waals surface area contributed by atoms with E-state index in [0.717, 1.165) is 12.1 Å². The standard InChI is InChI=1S/C12H11F3O3/c13-12(14,15)7-3-1-6-2-4-9(16)10(11(17)18)8(6)5-7/h1,3,5,9-10,16H,2,4H2,(H,17,18). The van der Waals surface area contributed by atoms with Gasteiger partial charge in [-0.15, -0.1) is 0 Å². The lowest BCUT2D eigenvalue weighted by molar-refractivity contribution is -0.143. The van der Waals surface area contributed by atoms with Gasteiger partial charge in [0.05, 0.1) is 11.7 Å². The highest BCUT2D eigenvalue weighted by Crippen LogP contribution is 2.37. The summed E-state index contributed by atoms with van der Waals surface area (Å²) in [5.74, 6) is -2.58. The molecule has 2 N–H and O–H groups in total. The van der Waals surface area contributed by atoms with E-state index in [1.54, 1.807) is 0 Å². The first kappa shape index (κ1) is 12.9. The van der Waals surface area contributed by atoms with E-state index in [0.29, 0.717) is 12.0 Å². The lowest BCUT2D eigenvalue weighted by Gasteiger charge is -2.28. The maximum Gasteiger partial charge on any atom is 0.416 e. The molecule has 1 aromatic carbocycles. The van der Waals surface area contributed by atoms with Crippen LogP contribution in [-0.4, -0.2) is 22.3 Å². The summed E-state index contributed by atoms with van der Waals surface area (Å²) in [5, 5.41) is 18.6. The van der Waals surface area contributed by atoms with Gasteiger partial charge in [-0.2, -0.15) is 13.2 Å². The van der Waals surface area contributed by atoms with Crippen LogP contribution in [-0.2, 0) is 17.4 Å². The molecule has 1 aromatic rings. The second-order valence-electron chi connectivity index (χ2n) is 4.33. The number of hydrogen-bond donors (Lipinski definition) is 2. The monoisotopic (exact) mass is 260 g/mol. The van der Waals surface area contributed by atoms with E-state index in [1.807, 2.05) is 0 Å². The van der Waals surface area contributed by atoms with Crippen LogP contribution in [0.15, 0.2) is 18.2 Å². The predicted octanol–water partition coefficient (Wildman–Crippen LogP) is 2.18. The topological polar surface area (TPSA) is 57.5 Å². The number of carbonyl (C=O) groups is 1. The third kappa shape index (κ3) is 2.20. The van der Waals surface area contributed by atoms with E-state index in [9.17, 15) is 23.1 Å². The van der Waals surface area contributed by atoms with Crippen molar-refractivity contribution in [1.29, 1.82) is 0 Å². The van der Waals surface area contributed by atoms with Crippen molar-refractivity contribution in [2.75, 3.05) is 0 Å². The summed E-state index contributed by atoms with van der Waals surface area (Å²) >= 11 is 0. The first-order valence-electron chi connectivity index (χ1n) is 5.41. The van der Waals surface area contributed by atoms with Crippen molar-refractivity contribution in [3.63, 3.8) is 0 Å². The van der Waals surface area contributed by atoms with Gasteiger partial charge in [0.25, 0.3) is 0 Å². The van der Waals surface area contributed by atoms with Crippen LogP contribution in [0, 0.1) is 0 Å². The van der Waals surface area contributed by atoms with Gasteiger partial charge in [0.1, 0.15) is 5.92 Å². The maximum atomic E-state index is 12.6. The van der Waals surface area contributed by atoms with E-state index >= 15 is 0 Å². The average molecular weight is 260 g/mol. The first-order valence-corrected chi connectivity index (χ1v) is 5.41. The Morgan fingerprint density at radius 3 is 2.56 bits per heavy atom. The Morgan fingerprint density at radius 2 is 2.00 bits per heavy atom. The molecule has 2 rings (SSSR count). The smallest absolute Gasteiger partial charge is 0.416 e.